The summed E-state index contributed by atoms with van der Waals surface area (Å²) in [7, 11) is 0. The van der Waals surface area contributed by atoms with Crippen LogP contribution in [0, 0.1) is 0 Å². The molecule has 128 valence electrons. The number of amides is 1. The molecule has 4 nitrogen and oxygen atoms in total. The van der Waals surface area contributed by atoms with E-state index in [4.69, 9.17) is 9.72 Å². The van der Waals surface area contributed by atoms with Crippen LogP contribution in [0.4, 0.5) is 0 Å². The van der Waals surface area contributed by atoms with Gasteiger partial charge in [0, 0.05) is 30.5 Å². The maximum atomic E-state index is 11.0. The summed E-state index contributed by atoms with van der Waals surface area (Å²) >= 11 is 1.69. The second kappa shape index (κ2) is 7.90. The molecule has 1 aromatic heterocycles. The number of aromatic nitrogens is 1. The van der Waals surface area contributed by atoms with Crippen LogP contribution in [0.1, 0.15) is 49.8 Å². The molecule has 3 rings (SSSR count). The van der Waals surface area contributed by atoms with E-state index in [0.29, 0.717) is 0 Å². The zero-order chi connectivity index (χ0) is 16.9. The number of nitrogens with zero attached hydrogens (tertiary/aromatic N) is 1. The van der Waals surface area contributed by atoms with Gasteiger partial charge >= 0.3 is 0 Å². The molecule has 1 fully saturated rings. The van der Waals surface area contributed by atoms with Crippen molar-refractivity contribution >= 4 is 17.2 Å². The Labute approximate surface area is 147 Å². The molecule has 1 amide bonds. The van der Waals surface area contributed by atoms with Crippen LogP contribution in [0.5, 0.6) is 0 Å². The molecule has 0 bridgehead atoms. The van der Waals surface area contributed by atoms with Crippen molar-refractivity contribution in [2.24, 2.45) is 0 Å². The Morgan fingerprint density at radius 3 is 2.88 bits per heavy atom. The van der Waals surface area contributed by atoms with Gasteiger partial charge in [-0.05, 0) is 38.2 Å². The molecule has 1 aliphatic heterocycles. The minimum atomic E-state index is 0.0310. The van der Waals surface area contributed by atoms with Gasteiger partial charge in [-0.1, -0.05) is 24.3 Å². The number of benzene rings is 1. The van der Waals surface area contributed by atoms with Crippen molar-refractivity contribution in [3.8, 4) is 11.3 Å². The van der Waals surface area contributed by atoms with Crippen LogP contribution in [-0.4, -0.2) is 23.5 Å². The molecule has 0 unspecified atom stereocenters. The maximum absolute atomic E-state index is 11.0. The molecule has 2 heterocycles. The smallest absolute Gasteiger partial charge is 0.217 e. The minimum absolute atomic E-state index is 0.0310. The van der Waals surface area contributed by atoms with Crippen molar-refractivity contribution in [1.29, 1.82) is 0 Å². The average Bonchev–Trinajstić information content (AvgIpc) is 3.24. The third kappa shape index (κ3) is 4.42. The molecule has 1 saturated heterocycles. The van der Waals surface area contributed by atoms with Crippen molar-refractivity contribution < 1.29 is 9.53 Å². The molecular weight excluding hydrogens is 320 g/mol. The van der Waals surface area contributed by atoms with E-state index in [0.717, 1.165) is 48.6 Å². The van der Waals surface area contributed by atoms with E-state index in [9.17, 15) is 4.79 Å². The first-order valence-electron chi connectivity index (χ1n) is 8.55. The number of carbonyl (C=O) groups is 1. The van der Waals surface area contributed by atoms with Gasteiger partial charge < -0.3 is 10.1 Å². The highest BCUT2D eigenvalue weighted by Gasteiger charge is 2.21. The van der Waals surface area contributed by atoms with Crippen molar-refractivity contribution in [1.82, 2.24) is 10.3 Å². The molecule has 0 radical (unpaired) electrons. The minimum Gasteiger partial charge on any atom is -0.371 e. The highest BCUT2D eigenvalue weighted by Crippen LogP contribution is 2.33. The summed E-state index contributed by atoms with van der Waals surface area (Å²) < 4.78 is 5.71. The molecule has 1 aliphatic rings. The fourth-order valence-corrected chi connectivity index (χ4v) is 3.89. The van der Waals surface area contributed by atoms with Crippen LogP contribution in [0.3, 0.4) is 0 Å². The topological polar surface area (TPSA) is 51.2 Å². The summed E-state index contributed by atoms with van der Waals surface area (Å²) in [5, 5.41) is 6.13. The lowest BCUT2D eigenvalue weighted by molar-refractivity contribution is -0.119. The van der Waals surface area contributed by atoms with Crippen molar-refractivity contribution in [3.63, 3.8) is 0 Å². The number of nitrogens with one attached hydrogen (secondary N) is 1. The summed E-state index contributed by atoms with van der Waals surface area (Å²) in [4.78, 5) is 15.8. The van der Waals surface area contributed by atoms with Crippen LogP contribution < -0.4 is 5.32 Å². The first-order valence-corrected chi connectivity index (χ1v) is 9.43. The molecule has 1 N–H and O–H groups in total. The average molecular weight is 344 g/mol. The van der Waals surface area contributed by atoms with E-state index in [2.05, 4.69) is 35.0 Å². The number of rotatable bonds is 6. The third-order valence-corrected chi connectivity index (χ3v) is 5.23. The first-order chi connectivity index (χ1) is 11.6. The van der Waals surface area contributed by atoms with Crippen LogP contribution in [0.15, 0.2) is 29.6 Å². The van der Waals surface area contributed by atoms with Gasteiger partial charge in [-0.15, -0.1) is 11.3 Å². The van der Waals surface area contributed by atoms with Crippen LogP contribution in [-0.2, 0) is 16.0 Å². The van der Waals surface area contributed by atoms with Crippen LogP contribution in [0.2, 0.25) is 0 Å². The fourth-order valence-electron chi connectivity index (χ4n) is 2.99. The van der Waals surface area contributed by atoms with Gasteiger partial charge in [-0.25, -0.2) is 4.98 Å². The molecule has 0 spiro atoms. The molecule has 5 heteroatoms. The lowest BCUT2D eigenvalue weighted by Gasteiger charge is -2.12. The molecule has 2 atom stereocenters. The SMILES string of the molecule is CC(=O)N[C@H](C)CCc1ccc(-c2csc([C@@H]3CCCO3)n2)cc1. The van der Waals surface area contributed by atoms with E-state index in [1.165, 1.54) is 5.56 Å². The molecule has 24 heavy (non-hydrogen) atoms. The molecule has 0 aliphatic carbocycles. The van der Waals surface area contributed by atoms with Crippen molar-refractivity contribution in [3.05, 3.63) is 40.2 Å². The second-order valence-corrected chi connectivity index (χ2v) is 7.30. The van der Waals surface area contributed by atoms with Crippen molar-refractivity contribution in [2.45, 2.75) is 51.7 Å². The highest BCUT2D eigenvalue weighted by atomic mass is 32.1. The van der Waals surface area contributed by atoms with Crippen LogP contribution >= 0.6 is 11.3 Å². The predicted molar refractivity (Wildman–Crippen MR) is 97.1 cm³/mol. The molecule has 2 aromatic rings. The Bertz CT molecular complexity index is 675. The summed E-state index contributed by atoms with van der Waals surface area (Å²) in [6, 6.07) is 8.77. The summed E-state index contributed by atoms with van der Waals surface area (Å²) in [5.74, 6) is 0.0310. The van der Waals surface area contributed by atoms with Gasteiger partial charge in [0.1, 0.15) is 11.1 Å². The number of ether oxygens (including phenoxy) is 1. The number of carbonyl (C=O) groups excluding carboxylic acids is 1. The standard InChI is InChI=1S/C19H24N2O2S/c1-13(20-14(2)22)5-6-15-7-9-16(10-8-15)17-12-24-19(21-17)18-4-3-11-23-18/h7-10,12-13,18H,3-6,11H2,1-2H3,(H,20,22)/t13-,18+/m1/s1. The number of hydrogen-bond donors (Lipinski definition) is 1. The molecule has 0 saturated carbocycles. The zero-order valence-corrected chi connectivity index (χ0v) is 15.1. The summed E-state index contributed by atoms with van der Waals surface area (Å²) in [6.07, 6.45) is 4.31. The monoisotopic (exact) mass is 344 g/mol. The van der Waals surface area contributed by atoms with E-state index in [-0.39, 0.29) is 18.1 Å². The summed E-state index contributed by atoms with van der Waals surface area (Å²) in [5.41, 5.74) is 3.46. The Morgan fingerprint density at radius 2 is 2.21 bits per heavy atom. The third-order valence-electron chi connectivity index (χ3n) is 4.29. The number of thiazole rings is 1. The second-order valence-electron chi connectivity index (χ2n) is 6.41. The van der Waals surface area contributed by atoms with Gasteiger partial charge in [0.2, 0.25) is 5.91 Å². The van der Waals surface area contributed by atoms with Gasteiger partial charge in [-0.3, -0.25) is 4.79 Å². The van der Waals surface area contributed by atoms with Gasteiger partial charge in [0.15, 0.2) is 0 Å². The Balaban J connectivity index is 1.59. The van der Waals surface area contributed by atoms with E-state index < -0.39 is 0 Å². The van der Waals surface area contributed by atoms with Gasteiger partial charge in [0.05, 0.1) is 5.69 Å². The lowest BCUT2D eigenvalue weighted by Crippen LogP contribution is -2.30. The zero-order valence-electron chi connectivity index (χ0n) is 14.2. The Morgan fingerprint density at radius 1 is 1.42 bits per heavy atom. The van der Waals surface area contributed by atoms with E-state index >= 15 is 0 Å². The van der Waals surface area contributed by atoms with Gasteiger partial charge in [0.25, 0.3) is 0 Å². The maximum Gasteiger partial charge on any atom is 0.217 e. The van der Waals surface area contributed by atoms with E-state index in [1.807, 2.05) is 6.92 Å². The first kappa shape index (κ1) is 17.1. The Kier molecular flexibility index (Phi) is 5.63. The predicted octanol–water partition coefficient (Wildman–Crippen LogP) is 4.12. The Hall–Kier alpha value is -1.72. The number of aryl methyl sites for hydroxylation is 1. The van der Waals surface area contributed by atoms with Crippen molar-refractivity contribution in [2.75, 3.05) is 6.61 Å². The molecule has 1 aromatic carbocycles. The van der Waals surface area contributed by atoms with E-state index in [1.54, 1.807) is 18.3 Å². The van der Waals surface area contributed by atoms with Gasteiger partial charge in [-0.2, -0.15) is 0 Å². The normalized spacial score (nSPS) is 18.5. The number of hydrogen-bond acceptors (Lipinski definition) is 4. The quantitative estimate of drug-likeness (QED) is 0.857. The largest absolute Gasteiger partial charge is 0.371 e. The highest BCUT2D eigenvalue weighted by molar-refractivity contribution is 7.10. The summed E-state index contributed by atoms with van der Waals surface area (Å²) in [6.45, 7) is 4.45. The lowest BCUT2D eigenvalue weighted by atomic mass is 10.0. The van der Waals surface area contributed by atoms with Crippen LogP contribution in [0.25, 0.3) is 11.3 Å². The fraction of sp³-hybridized carbons (Fsp3) is 0.474. The molecular formula is C19H24N2O2S.